The summed E-state index contributed by atoms with van der Waals surface area (Å²) in [5.74, 6) is -0.290. The molecule has 308 valence electrons. The van der Waals surface area contributed by atoms with Crippen molar-refractivity contribution in [2.45, 2.75) is 5.92 Å². The Kier molecular flexibility index (Phi) is 9.53. The Hall–Kier alpha value is -8.60. The van der Waals surface area contributed by atoms with Crippen LogP contribution in [0.5, 0.6) is 0 Å². The zero-order valence-electron chi connectivity index (χ0n) is 35.5. The lowest BCUT2D eigenvalue weighted by Gasteiger charge is -2.29. The lowest BCUT2D eigenvalue weighted by atomic mass is 9.82. The molecule has 0 radical (unpaired) electrons. The van der Waals surface area contributed by atoms with Crippen molar-refractivity contribution in [3.8, 4) is 11.1 Å². The predicted octanol–water partition coefficient (Wildman–Crippen LogP) is 17.3. The molecule has 4 heteroatoms. The quantitative estimate of drug-likeness (QED) is 0.129. The van der Waals surface area contributed by atoms with Crippen molar-refractivity contribution in [1.82, 2.24) is 0 Å². The third-order valence-corrected chi connectivity index (χ3v) is 12.5. The van der Waals surface area contributed by atoms with Crippen LogP contribution in [0.25, 0.3) is 55.0 Å². The molecule has 2 heterocycles. The molecule has 65 heavy (non-hydrogen) atoms. The third-order valence-electron chi connectivity index (χ3n) is 12.5. The maximum Gasteiger partial charge on any atom is 0.159 e. The monoisotopic (exact) mass is 834 g/mol. The molecule has 12 rings (SSSR count). The normalized spacial score (nSPS) is 11.9. The molecule has 0 spiro atoms. The summed E-state index contributed by atoms with van der Waals surface area (Å²) in [5, 5.41) is 4.23. The Morgan fingerprint density at radius 2 is 0.723 bits per heavy atom. The van der Waals surface area contributed by atoms with Crippen LogP contribution in [0.4, 0.5) is 34.1 Å². The van der Waals surface area contributed by atoms with Crippen molar-refractivity contribution in [1.29, 1.82) is 0 Å². The van der Waals surface area contributed by atoms with E-state index in [1.54, 1.807) is 0 Å². The summed E-state index contributed by atoms with van der Waals surface area (Å²) in [4.78, 5) is 4.68. The summed E-state index contributed by atoms with van der Waals surface area (Å²) in [6.45, 7) is 0. The number of rotatable bonds is 10. The van der Waals surface area contributed by atoms with Gasteiger partial charge in [-0.2, -0.15) is 0 Å². The summed E-state index contributed by atoms with van der Waals surface area (Å²) in [7, 11) is 0. The number of fused-ring (bicyclic) bond motifs is 6. The van der Waals surface area contributed by atoms with Crippen molar-refractivity contribution >= 4 is 78.0 Å². The second-order valence-electron chi connectivity index (χ2n) is 16.5. The summed E-state index contributed by atoms with van der Waals surface area (Å²) in [6.07, 6.45) is 0. The molecular weight excluding hydrogens is 793 g/mol. The van der Waals surface area contributed by atoms with Crippen molar-refractivity contribution < 1.29 is 8.83 Å². The molecule has 0 fully saturated rings. The first-order valence-electron chi connectivity index (χ1n) is 22.1. The van der Waals surface area contributed by atoms with Gasteiger partial charge in [-0.1, -0.05) is 164 Å². The van der Waals surface area contributed by atoms with Gasteiger partial charge in [0, 0.05) is 61.5 Å². The van der Waals surface area contributed by atoms with E-state index in [2.05, 4.69) is 252 Å². The van der Waals surface area contributed by atoms with E-state index in [0.29, 0.717) is 0 Å². The van der Waals surface area contributed by atoms with Crippen LogP contribution in [-0.2, 0) is 0 Å². The molecule has 0 saturated carbocycles. The second-order valence-corrected chi connectivity index (χ2v) is 16.5. The minimum atomic E-state index is -0.290. The molecule has 0 saturated heterocycles. The van der Waals surface area contributed by atoms with E-state index in [0.717, 1.165) is 100 Å². The molecular formula is C61H42N2O2. The van der Waals surface area contributed by atoms with Crippen LogP contribution >= 0.6 is 0 Å². The number of benzene rings is 10. The van der Waals surface area contributed by atoms with Gasteiger partial charge in [-0.25, -0.2) is 0 Å². The number of nitrogens with zero attached hydrogens (tertiary/aromatic N) is 2. The van der Waals surface area contributed by atoms with Gasteiger partial charge in [0.05, 0.1) is 5.69 Å². The fourth-order valence-electron chi connectivity index (χ4n) is 9.58. The minimum Gasteiger partial charge on any atom is -0.456 e. The number of hydrogen-bond donors (Lipinski definition) is 0. The van der Waals surface area contributed by atoms with E-state index in [-0.39, 0.29) is 5.92 Å². The minimum absolute atomic E-state index is 0.290. The molecule has 0 aliphatic carbocycles. The van der Waals surface area contributed by atoms with Crippen LogP contribution in [0.1, 0.15) is 22.6 Å². The maximum atomic E-state index is 7.06. The van der Waals surface area contributed by atoms with Crippen LogP contribution in [0, 0.1) is 0 Å². The van der Waals surface area contributed by atoms with Crippen molar-refractivity contribution in [2.24, 2.45) is 0 Å². The summed E-state index contributed by atoms with van der Waals surface area (Å²) in [6, 6.07) is 88.2. The Labute approximate surface area is 377 Å². The first kappa shape index (κ1) is 38.1. The highest BCUT2D eigenvalue weighted by Crippen LogP contribution is 2.49. The van der Waals surface area contributed by atoms with Gasteiger partial charge in [-0.3, -0.25) is 0 Å². The number of furan rings is 2. The summed E-state index contributed by atoms with van der Waals surface area (Å²) < 4.78 is 14.0. The first-order chi connectivity index (χ1) is 32.2. The van der Waals surface area contributed by atoms with E-state index in [9.17, 15) is 0 Å². The largest absolute Gasteiger partial charge is 0.456 e. The number of para-hydroxylation sites is 6. The lowest BCUT2D eigenvalue weighted by Crippen LogP contribution is -2.13. The molecule has 0 aliphatic heterocycles. The highest BCUT2D eigenvalue weighted by Gasteiger charge is 2.29. The number of anilines is 6. The van der Waals surface area contributed by atoms with Crippen LogP contribution in [0.15, 0.2) is 258 Å². The average Bonchev–Trinajstić information content (AvgIpc) is 3.95. The van der Waals surface area contributed by atoms with E-state index >= 15 is 0 Å². The Morgan fingerprint density at radius 3 is 1.26 bits per heavy atom. The van der Waals surface area contributed by atoms with E-state index in [1.807, 2.05) is 6.07 Å². The highest BCUT2D eigenvalue weighted by atomic mass is 16.3. The molecule has 2 aromatic heterocycles. The van der Waals surface area contributed by atoms with Gasteiger partial charge < -0.3 is 18.6 Å². The average molecular weight is 835 g/mol. The Balaban J connectivity index is 1.19. The highest BCUT2D eigenvalue weighted by molar-refractivity contribution is 6.11. The fourth-order valence-corrected chi connectivity index (χ4v) is 9.58. The second kappa shape index (κ2) is 16.3. The smallest absolute Gasteiger partial charge is 0.159 e. The predicted molar refractivity (Wildman–Crippen MR) is 270 cm³/mol. The SMILES string of the molecule is c1ccc(-c2ccc(C(c3cc(N(c4ccccc4)c4ccccc4)c4oc5ccccc5c4c3)c3cc(N(c4ccccc4)c4ccccc4)cc4c3oc3ccccc34)cc2)cc1. The fraction of sp³-hybridized carbons (Fsp3) is 0.0164. The number of hydrogen-bond acceptors (Lipinski definition) is 4. The zero-order chi connectivity index (χ0) is 43.1. The first-order valence-corrected chi connectivity index (χ1v) is 22.1. The molecule has 0 aliphatic rings. The third kappa shape index (κ3) is 6.89. The Morgan fingerprint density at radius 1 is 0.292 bits per heavy atom. The van der Waals surface area contributed by atoms with Gasteiger partial charge in [0.1, 0.15) is 16.7 Å². The molecule has 1 unspecified atom stereocenters. The summed E-state index contributed by atoms with van der Waals surface area (Å²) in [5.41, 5.74) is 15.2. The molecule has 12 aromatic rings. The Bertz CT molecular complexity index is 3510. The lowest BCUT2D eigenvalue weighted by molar-refractivity contribution is 0.661. The van der Waals surface area contributed by atoms with Gasteiger partial charge in [0.15, 0.2) is 5.58 Å². The van der Waals surface area contributed by atoms with Crippen molar-refractivity contribution in [3.63, 3.8) is 0 Å². The molecule has 0 amide bonds. The van der Waals surface area contributed by atoms with E-state index in [4.69, 9.17) is 8.83 Å². The van der Waals surface area contributed by atoms with Gasteiger partial charge in [-0.15, -0.1) is 0 Å². The van der Waals surface area contributed by atoms with Gasteiger partial charge in [0.25, 0.3) is 0 Å². The van der Waals surface area contributed by atoms with Crippen LogP contribution in [0.3, 0.4) is 0 Å². The van der Waals surface area contributed by atoms with Crippen LogP contribution in [-0.4, -0.2) is 0 Å². The topological polar surface area (TPSA) is 32.8 Å². The molecule has 4 nitrogen and oxygen atoms in total. The summed E-state index contributed by atoms with van der Waals surface area (Å²) >= 11 is 0. The molecule has 1 atom stereocenters. The van der Waals surface area contributed by atoms with E-state index in [1.165, 1.54) is 5.56 Å². The molecule has 10 aromatic carbocycles. The molecule has 0 N–H and O–H groups in total. The van der Waals surface area contributed by atoms with Crippen LogP contribution in [0.2, 0.25) is 0 Å². The standard InChI is InChI=1S/C61H42N2O2/c1-6-20-42(21-7-1)43-34-36-44(37-35-43)59(45-38-53-51-30-16-19-33-58(51)65-61(53)56(39-45)63(48-26-12-4-13-27-48)49-28-14-5-15-29-49)55-41-50(40-54-52-31-17-18-32-57(52)64-60(54)55)62(46-22-8-2-9-23-46)47-24-10-3-11-25-47/h1-41,59H. The zero-order valence-corrected chi connectivity index (χ0v) is 35.5. The van der Waals surface area contributed by atoms with Gasteiger partial charge in [0.2, 0.25) is 0 Å². The van der Waals surface area contributed by atoms with Gasteiger partial charge in [-0.05, 0) is 107 Å². The van der Waals surface area contributed by atoms with Crippen LogP contribution < -0.4 is 9.80 Å². The van der Waals surface area contributed by atoms with Crippen molar-refractivity contribution in [3.05, 3.63) is 265 Å². The van der Waals surface area contributed by atoms with Gasteiger partial charge >= 0.3 is 0 Å². The maximum absolute atomic E-state index is 7.06. The van der Waals surface area contributed by atoms with E-state index < -0.39 is 0 Å². The molecule has 0 bridgehead atoms. The van der Waals surface area contributed by atoms with Crippen molar-refractivity contribution in [2.75, 3.05) is 9.80 Å².